The number of carboxylic acid groups (broad SMARTS) is 1. The van der Waals surface area contributed by atoms with E-state index in [0.717, 1.165) is 64.2 Å². The van der Waals surface area contributed by atoms with Crippen molar-refractivity contribution in [2.45, 2.75) is 199 Å². The lowest BCUT2D eigenvalue weighted by molar-refractivity contribution is -0.161. The summed E-state index contributed by atoms with van der Waals surface area (Å²) in [6, 6.07) is -1.52. The van der Waals surface area contributed by atoms with Gasteiger partial charge in [-0.25, -0.2) is 4.57 Å². The summed E-state index contributed by atoms with van der Waals surface area (Å²) in [5.41, 5.74) is 5.32. The molecule has 11 nitrogen and oxygen atoms in total. The fraction of sp³-hybridized carbons (Fsp3) is 0.829. The summed E-state index contributed by atoms with van der Waals surface area (Å²) >= 11 is 0. The van der Waals surface area contributed by atoms with Crippen molar-refractivity contribution in [1.29, 1.82) is 0 Å². The second kappa shape index (κ2) is 36.9. The molecule has 0 aliphatic carbocycles. The number of hydrogen-bond acceptors (Lipinski definition) is 9. The van der Waals surface area contributed by atoms with E-state index in [1.807, 2.05) is 0 Å². The second-order valence-electron chi connectivity index (χ2n) is 14.1. The van der Waals surface area contributed by atoms with Crippen molar-refractivity contribution in [2.75, 3.05) is 19.8 Å². The Labute approximate surface area is 321 Å². The van der Waals surface area contributed by atoms with Gasteiger partial charge in [0.2, 0.25) is 0 Å². The van der Waals surface area contributed by atoms with Crippen LogP contribution in [0, 0.1) is 0 Å². The van der Waals surface area contributed by atoms with Gasteiger partial charge in [0.05, 0.1) is 13.2 Å². The molecule has 3 atom stereocenters. The van der Waals surface area contributed by atoms with Crippen LogP contribution in [0.15, 0.2) is 24.3 Å². The molecule has 0 radical (unpaired) electrons. The van der Waals surface area contributed by atoms with Crippen LogP contribution < -0.4 is 5.73 Å². The smallest absolute Gasteiger partial charge is 0.472 e. The Morgan fingerprint density at radius 2 is 1.02 bits per heavy atom. The molecule has 0 saturated carbocycles. The SMILES string of the molecule is CCCC/C=C\C/C=C\CCCCCCCC(=O)OC(COC(=O)CCCCCCCCCCCCCCCCC)COP(=O)(O)OCC(N)C(=O)O. The summed E-state index contributed by atoms with van der Waals surface area (Å²) in [6.07, 6.45) is 36.7. The monoisotopic (exact) mass is 774 g/mol. The quantitative estimate of drug-likeness (QED) is 0.0235. The van der Waals surface area contributed by atoms with Crippen molar-refractivity contribution >= 4 is 25.7 Å². The minimum atomic E-state index is -4.71. The Morgan fingerprint density at radius 1 is 0.585 bits per heavy atom. The van der Waals surface area contributed by atoms with Gasteiger partial charge in [-0.15, -0.1) is 0 Å². The largest absolute Gasteiger partial charge is 0.480 e. The number of unbranched alkanes of at least 4 members (excludes halogenated alkanes) is 21. The average molecular weight is 774 g/mol. The number of rotatable bonds is 39. The highest BCUT2D eigenvalue weighted by Crippen LogP contribution is 2.43. The predicted molar refractivity (Wildman–Crippen MR) is 212 cm³/mol. The Morgan fingerprint density at radius 3 is 1.53 bits per heavy atom. The van der Waals surface area contributed by atoms with E-state index in [1.165, 1.54) is 83.5 Å². The van der Waals surface area contributed by atoms with Crippen LogP contribution in [0.25, 0.3) is 0 Å². The Hall–Kier alpha value is -2.04. The number of allylic oxidation sites excluding steroid dienone is 4. The molecule has 12 heteroatoms. The van der Waals surface area contributed by atoms with Gasteiger partial charge in [0.15, 0.2) is 6.10 Å². The van der Waals surface area contributed by atoms with E-state index >= 15 is 0 Å². The van der Waals surface area contributed by atoms with E-state index in [9.17, 15) is 23.8 Å². The van der Waals surface area contributed by atoms with Crippen molar-refractivity contribution < 1.29 is 47.5 Å². The minimum absolute atomic E-state index is 0.147. The lowest BCUT2D eigenvalue weighted by Crippen LogP contribution is -2.34. The predicted octanol–water partition coefficient (Wildman–Crippen LogP) is 10.7. The van der Waals surface area contributed by atoms with Gasteiger partial charge in [0.25, 0.3) is 0 Å². The summed E-state index contributed by atoms with van der Waals surface area (Å²) in [4.78, 5) is 45.9. The lowest BCUT2D eigenvalue weighted by atomic mass is 10.0. The van der Waals surface area contributed by atoms with Gasteiger partial charge in [-0.1, -0.05) is 160 Å². The number of phosphoric ester groups is 1. The van der Waals surface area contributed by atoms with Crippen molar-refractivity contribution in [1.82, 2.24) is 0 Å². The molecule has 0 amide bonds. The molecule has 0 bridgehead atoms. The number of carbonyl (C=O) groups excluding carboxylic acids is 2. The highest BCUT2D eigenvalue weighted by Gasteiger charge is 2.28. The maximum absolute atomic E-state index is 12.6. The fourth-order valence-electron chi connectivity index (χ4n) is 5.61. The van der Waals surface area contributed by atoms with Gasteiger partial charge >= 0.3 is 25.7 Å². The average Bonchev–Trinajstić information content (AvgIpc) is 3.13. The topological polar surface area (TPSA) is 172 Å². The molecular weight excluding hydrogens is 697 g/mol. The minimum Gasteiger partial charge on any atom is -0.480 e. The van der Waals surface area contributed by atoms with Crippen molar-refractivity contribution in [3.63, 3.8) is 0 Å². The molecule has 0 fully saturated rings. The van der Waals surface area contributed by atoms with Crippen LogP contribution >= 0.6 is 7.82 Å². The molecule has 0 aromatic carbocycles. The van der Waals surface area contributed by atoms with E-state index in [-0.39, 0.29) is 19.4 Å². The number of nitrogens with two attached hydrogens (primary N) is 1. The summed E-state index contributed by atoms with van der Waals surface area (Å²) in [5, 5.41) is 8.87. The maximum atomic E-state index is 12.6. The number of hydrogen-bond donors (Lipinski definition) is 3. The van der Waals surface area contributed by atoms with Crippen molar-refractivity contribution in [3.8, 4) is 0 Å². The van der Waals surface area contributed by atoms with Crippen LogP contribution in [0.2, 0.25) is 0 Å². The Bertz CT molecular complexity index is 1010. The molecule has 0 aliphatic heterocycles. The van der Waals surface area contributed by atoms with E-state index in [1.54, 1.807) is 0 Å². The number of esters is 2. The second-order valence-corrected chi connectivity index (χ2v) is 15.6. The summed E-state index contributed by atoms with van der Waals surface area (Å²) < 4.78 is 32.6. The van der Waals surface area contributed by atoms with E-state index < -0.39 is 51.1 Å². The standard InChI is InChI=1S/C41H76NO10P/c1-3-5-7-9-11-13-15-17-19-21-22-24-26-28-30-32-39(43)49-34-37(35-50-53(47,48)51-36-38(42)41(45)46)52-40(44)33-31-29-27-25-23-20-18-16-14-12-10-8-6-4-2/h10,12,16,18,37-38H,3-9,11,13-15,17,19-36,42H2,1-2H3,(H,45,46)(H,47,48)/b12-10-,18-16-. The summed E-state index contributed by atoms with van der Waals surface area (Å²) in [5.74, 6) is -2.39. The van der Waals surface area contributed by atoms with E-state index in [4.69, 9.17) is 24.8 Å². The molecule has 0 aliphatic rings. The van der Waals surface area contributed by atoms with Crippen molar-refractivity contribution in [3.05, 3.63) is 24.3 Å². The molecule has 310 valence electrons. The molecule has 0 saturated heterocycles. The lowest BCUT2D eigenvalue weighted by Gasteiger charge is -2.20. The number of carboxylic acids is 1. The zero-order valence-corrected chi connectivity index (χ0v) is 34.3. The summed E-state index contributed by atoms with van der Waals surface area (Å²) in [6.45, 7) is 2.75. The van der Waals surface area contributed by atoms with Crippen LogP contribution in [0.1, 0.15) is 187 Å². The van der Waals surface area contributed by atoms with Crippen LogP contribution in [0.5, 0.6) is 0 Å². The first kappa shape index (κ1) is 51.0. The third-order valence-corrected chi connectivity index (χ3v) is 9.90. The zero-order chi connectivity index (χ0) is 39.3. The molecule has 4 N–H and O–H groups in total. The molecule has 0 aromatic heterocycles. The highest BCUT2D eigenvalue weighted by molar-refractivity contribution is 7.47. The molecule has 0 spiro atoms. The van der Waals surface area contributed by atoms with Gasteiger partial charge < -0.3 is 25.2 Å². The van der Waals surface area contributed by atoms with Crippen molar-refractivity contribution in [2.24, 2.45) is 5.73 Å². The van der Waals surface area contributed by atoms with Gasteiger partial charge in [0, 0.05) is 12.8 Å². The maximum Gasteiger partial charge on any atom is 0.472 e. The molecule has 3 unspecified atom stereocenters. The number of ether oxygens (including phenoxy) is 2. The fourth-order valence-corrected chi connectivity index (χ4v) is 6.39. The van der Waals surface area contributed by atoms with Crippen LogP contribution in [0.4, 0.5) is 0 Å². The molecular formula is C41H76NO10P. The third kappa shape index (κ3) is 36.7. The van der Waals surface area contributed by atoms with E-state index in [0.29, 0.717) is 12.8 Å². The van der Waals surface area contributed by atoms with Gasteiger partial charge in [-0.05, 0) is 38.5 Å². The first-order valence-corrected chi connectivity index (χ1v) is 22.4. The van der Waals surface area contributed by atoms with Crippen LogP contribution in [0.3, 0.4) is 0 Å². The first-order chi connectivity index (χ1) is 25.6. The first-order valence-electron chi connectivity index (χ1n) is 20.9. The van der Waals surface area contributed by atoms with Crippen LogP contribution in [-0.2, 0) is 37.5 Å². The number of carbonyl (C=O) groups is 3. The normalized spacial score (nSPS) is 14.0. The summed E-state index contributed by atoms with van der Waals surface area (Å²) in [7, 11) is -4.71. The Balaban J connectivity index is 4.39. The molecule has 53 heavy (non-hydrogen) atoms. The molecule has 0 rings (SSSR count). The van der Waals surface area contributed by atoms with E-state index in [2.05, 4.69) is 42.7 Å². The number of phosphoric acid groups is 1. The van der Waals surface area contributed by atoms with Gasteiger partial charge in [-0.3, -0.25) is 23.4 Å². The Kier molecular flexibility index (Phi) is 35.5. The van der Waals surface area contributed by atoms with Gasteiger partial charge in [0.1, 0.15) is 12.6 Å². The third-order valence-electron chi connectivity index (χ3n) is 8.95. The molecule has 0 heterocycles. The van der Waals surface area contributed by atoms with Gasteiger partial charge in [-0.2, -0.15) is 0 Å². The number of aliphatic carboxylic acids is 1. The highest BCUT2D eigenvalue weighted by atomic mass is 31.2. The zero-order valence-electron chi connectivity index (χ0n) is 33.4. The molecule has 0 aromatic rings. The van der Waals surface area contributed by atoms with Crippen LogP contribution in [-0.4, -0.2) is 59.9 Å².